The molecule has 0 fully saturated rings. The average molecular weight is 522 g/mol. The summed E-state index contributed by atoms with van der Waals surface area (Å²) in [5, 5.41) is 2.40. The van der Waals surface area contributed by atoms with Crippen LogP contribution in [0.3, 0.4) is 0 Å². The molecular weight excluding hydrogens is 494 g/mol. The van der Waals surface area contributed by atoms with Crippen LogP contribution in [0.5, 0.6) is 0 Å². The van der Waals surface area contributed by atoms with Crippen molar-refractivity contribution < 1.29 is 4.74 Å². The summed E-state index contributed by atoms with van der Waals surface area (Å²) in [4.78, 5) is 17.2. The van der Waals surface area contributed by atoms with E-state index in [0.29, 0.717) is 6.61 Å². The first kappa shape index (κ1) is 22.8. The smallest absolute Gasteiger partial charge is 0.166 e. The van der Waals surface area contributed by atoms with E-state index in [9.17, 15) is 0 Å². The Labute approximate surface area is 230 Å². The lowest BCUT2D eigenvalue weighted by Crippen LogP contribution is -2.29. The van der Waals surface area contributed by atoms with E-state index in [2.05, 4.69) is 110 Å². The Bertz CT molecular complexity index is 1950. The highest BCUT2D eigenvalue weighted by Gasteiger charge is 2.37. The van der Waals surface area contributed by atoms with Crippen LogP contribution in [0.4, 0.5) is 0 Å². The number of hydrogen-bond donors (Lipinski definition) is 5. The van der Waals surface area contributed by atoms with Gasteiger partial charge in [-0.25, -0.2) is 0 Å². The van der Waals surface area contributed by atoms with Gasteiger partial charge in [0.2, 0.25) is 0 Å². The SMILES string of the molecule is C1=CC(c2ccc[nH]2)(c2ccc(-c3ccc[nH]3)[nH]2)OCc2ccc3c(-c4ccc(-c5ccc[nH]5)[nH]4)cccc3c21. The molecule has 7 aromatic rings. The van der Waals surface area contributed by atoms with Gasteiger partial charge in [-0.05, 0) is 88.6 Å². The van der Waals surface area contributed by atoms with Gasteiger partial charge < -0.3 is 29.7 Å². The summed E-state index contributed by atoms with van der Waals surface area (Å²) < 4.78 is 6.82. The molecule has 0 aliphatic carbocycles. The molecule has 194 valence electrons. The molecule has 1 aliphatic heterocycles. The summed E-state index contributed by atoms with van der Waals surface area (Å²) >= 11 is 0. The number of aromatic nitrogens is 5. The highest BCUT2D eigenvalue weighted by atomic mass is 16.5. The maximum Gasteiger partial charge on any atom is 0.166 e. The first-order valence-electron chi connectivity index (χ1n) is 13.5. The fourth-order valence-corrected chi connectivity index (χ4v) is 5.94. The van der Waals surface area contributed by atoms with E-state index in [1.807, 2.05) is 36.8 Å². The number of fused-ring (bicyclic) bond motifs is 3. The third-order valence-corrected chi connectivity index (χ3v) is 7.97. The van der Waals surface area contributed by atoms with Crippen molar-refractivity contribution in [2.24, 2.45) is 0 Å². The Hall–Kier alpha value is -5.20. The Morgan fingerprint density at radius 1 is 0.550 bits per heavy atom. The number of H-pyrrole nitrogens is 5. The van der Waals surface area contributed by atoms with E-state index in [1.54, 1.807) is 0 Å². The molecule has 0 radical (unpaired) electrons. The zero-order valence-corrected chi connectivity index (χ0v) is 21.7. The third kappa shape index (κ3) is 3.54. The van der Waals surface area contributed by atoms with Crippen LogP contribution in [-0.2, 0) is 16.9 Å². The van der Waals surface area contributed by atoms with Gasteiger partial charge in [0, 0.05) is 29.8 Å². The molecule has 0 bridgehead atoms. The quantitative estimate of drug-likeness (QED) is 0.156. The second kappa shape index (κ2) is 8.93. The molecule has 8 rings (SSSR count). The Kier molecular flexibility index (Phi) is 5.08. The van der Waals surface area contributed by atoms with Crippen LogP contribution in [0.25, 0.3) is 50.9 Å². The number of ether oxygens (including phenoxy) is 1. The number of hydrogen-bond acceptors (Lipinski definition) is 1. The summed E-state index contributed by atoms with van der Waals surface area (Å²) in [7, 11) is 0. The normalized spacial score (nSPS) is 16.8. The molecule has 1 aliphatic rings. The van der Waals surface area contributed by atoms with Crippen LogP contribution in [0, 0.1) is 0 Å². The van der Waals surface area contributed by atoms with E-state index >= 15 is 0 Å². The van der Waals surface area contributed by atoms with Crippen molar-refractivity contribution in [1.82, 2.24) is 24.9 Å². The number of rotatable bonds is 5. The largest absolute Gasteiger partial charge is 0.362 e. The molecule has 5 aromatic heterocycles. The van der Waals surface area contributed by atoms with Crippen molar-refractivity contribution in [2.75, 3.05) is 0 Å². The maximum absolute atomic E-state index is 6.82. The summed E-state index contributed by atoms with van der Waals surface area (Å²) in [5.41, 5.74) is 9.96. The third-order valence-electron chi connectivity index (χ3n) is 7.97. The predicted octanol–water partition coefficient (Wildman–Crippen LogP) is 7.97. The minimum Gasteiger partial charge on any atom is -0.362 e. The molecule has 2 aromatic carbocycles. The molecule has 6 nitrogen and oxygen atoms in total. The zero-order chi connectivity index (χ0) is 26.5. The van der Waals surface area contributed by atoms with Crippen molar-refractivity contribution >= 4 is 16.8 Å². The van der Waals surface area contributed by atoms with Crippen molar-refractivity contribution in [1.29, 1.82) is 0 Å². The number of benzene rings is 2. The van der Waals surface area contributed by atoms with Gasteiger partial charge in [0.1, 0.15) is 0 Å². The second-order valence-corrected chi connectivity index (χ2v) is 10.2. The van der Waals surface area contributed by atoms with Gasteiger partial charge in [0.25, 0.3) is 0 Å². The fourth-order valence-electron chi connectivity index (χ4n) is 5.94. The lowest BCUT2D eigenvalue weighted by atomic mass is 9.92. The summed E-state index contributed by atoms with van der Waals surface area (Å²) in [6, 6.07) is 31.7. The van der Waals surface area contributed by atoms with E-state index in [4.69, 9.17) is 4.74 Å². The van der Waals surface area contributed by atoms with Crippen molar-refractivity contribution in [3.63, 3.8) is 0 Å². The topological polar surface area (TPSA) is 88.2 Å². The number of nitrogens with one attached hydrogen (secondary N) is 5. The van der Waals surface area contributed by atoms with Gasteiger partial charge in [0.15, 0.2) is 5.60 Å². The minimum atomic E-state index is -0.790. The van der Waals surface area contributed by atoms with Crippen molar-refractivity contribution in [3.05, 3.63) is 138 Å². The molecular formula is C34H27N5O. The van der Waals surface area contributed by atoms with Crippen LogP contribution in [0.2, 0.25) is 0 Å². The molecule has 6 heterocycles. The standard InChI is InChI=1S/C34H27N5O/c1-5-24-23-16-17-34(32-9-4-20-37-32,33-15-14-31(39-33)29-8-3-19-36-29)40-21-22(23)10-11-25(24)26(6-1)27-12-13-30(38-27)28-7-2-18-35-28/h1-20,35-39H,21H2. The van der Waals surface area contributed by atoms with Gasteiger partial charge in [-0.2, -0.15) is 0 Å². The summed E-state index contributed by atoms with van der Waals surface area (Å²) in [6.45, 7) is 0.470. The minimum absolute atomic E-state index is 0.470. The van der Waals surface area contributed by atoms with Crippen LogP contribution in [0.15, 0.2) is 116 Å². The Morgan fingerprint density at radius 2 is 1.30 bits per heavy atom. The van der Waals surface area contributed by atoms with Gasteiger partial charge in [-0.15, -0.1) is 0 Å². The first-order chi connectivity index (χ1) is 19.8. The lowest BCUT2D eigenvalue weighted by Gasteiger charge is -2.28. The van der Waals surface area contributed by atoms with Crippen LogP contribution < -0.4 is 0 Å². The zero-order valence-electron chi connectivity index (χ0n) is 21.7. The molecule has 40 heavy (non-hydrogen) atoms. The monoisotopic (exact) mass is 521 g/mol. The van der Waals surface area contributed by atoms with Gasteiger partial charge in [-0.1, -0.05) is 36.4 Å². The molecule has 0 spiro atoms. The summed E-state index contributed by atoms with van der Waals surface area (Å²) in [5.74, 6) is 0. The summed E-state index contributed by atoms with van der Waals surface area (Å²) in [6.07, 6.45) is 10.2. The van der Waals surface area contributed by atoms with Gasteiger partial charge in [0.05, 0.1) is 40.8 Å². The van der Waals surface area contributed by atoms with Crippen molar-refractivity contribution in [2.45, 2.75) is 12.2 Å². The second-order valence-electron chi connectivity index (χ2n) is 10.2. The van der Waals surface area contributed by atoms with E-state index in [1.165, 1.54) is 21.9 Å². The molecule has 1 unspecified atom stereocenters. The highest BCUT2D eigenvalue weighted by molar-refractivity contribution is 6.01. The van der Waals surface area contributed by atoms with E-state index in [-0.39, 0.29) is 0 Å². The first-order valence-corrected chi connectivity index (χ1v) is 13.5. The highest BCUT2D eigenvalue weighted by Crippen LogP contribution is 2.41. The van der Waals surface area contributed by atoms with Crippen LogP contribution in [-0.4, -0.2) is 24.9 Å². The van der Waals surface area contributed by atoms with Crippen LogP contribution in [0.1, 0.15) is 22.5 Å². The Balaban J connectivity index is 1.24. The van der Waals surface area contributed by atoms with Crippen LogP contribution >= 0.6 is 0 Å². The predicted molar refractivity (Wildman–Crippen MR) is 159 cm³/mol. The molecule has 0 saturated carbocycles. The molecule has 1 atom stereocenters. The molecule has 6 heteroatoms. The lowest BCUT2D eigenvalue weighted by molar-refractivity contribution is 0.00276. The van der Waals surface area contributed by atoms with Gasteiger partial charge >= 0.3 is 0 Å². The Morgan fingerprint density at radius 3 is 2.08 bits per heavy atom. The fraction of sp³-hybridized carbons (Fsp3) is 0.0588. The molecule has 0 amide bonds. The van der Waals surface area contributed by atoms with E-state index in [0.717, 1.165) is 45.4 Å². The maximum atomic E-state index is 6.82. The molecule has 5 N–H and O–H groups in total. The van der Waals surface area contributed by atoms with Crippen molar-refractivity contribution in [3.8, 4) is 34.0 Å². The number of aromatic amines is 5. The van der Waals surface area contributed by atoms with E-state index < -0.39 is 5.60 Å². The average Bonchev–Trinajstić information content (AvgIpc) is 3.81. The van der Waals surface area contributed by atoms with Gasteiger partial charge in [-0.3, -0.25) is 0 Å². The molecule has 0 saturated heterocycles.